The Balaban J connectivity index is 1.72. The monoisotopic (exact) mass is 416 g/mol. The molecule has 0 fully saturated rings. The zero-order chi connectivity index (χ0) is 21.0. The average Bonchev–Trinajstić information content (AvgIpc) is 2.71. The first-order valence-electron chi connectivity index (χ1n) is 9.94. The van der Waals surface area contributed by atoms with Gasteiger partial charge in [-0.2, -0.15) is 0 Å². The lowest BCUT2D eigenvalue weighted by Gasteiger charge is -2.30. The Morgan fingerprint density at radius 2 is 1.79 bits per heavy atom. The molecule has 7 heteroatoms. The number of sulfonamides is 1. The minimum atomic E-state index is -3.66. The van der Waals surface area contributed by atoms with Gasteiger partial charge < -0.3 is 10.1 Å². The standard InChI is InChI=1S/C22H28N2O4S/c1-16(2)15-23-22(25)17(3)28-19-10-12-20(13-11-19)29(26,27)24-14-6-8-18-7-4-5-9-21(18)24/h4-5,7,9-13,16-17H,6,8,14-15H2,1-3H3,(H,23,25)/t17-/m0/s1. The van der Waals surface area contributed by atoms with Crippen LogP contribution in [0.2, 0.25) is 0 Å². The van der Waals surface area contributed by atoms with Crippen molar-refractivity contribution in [3.8, 4) is 5.75 Å². The lowest BCUT2D eigenvalue weighted by molar-refractivity contribution is -0.127. The highest BCUT2D eigenvalue weighted by atomic mass is 32.2. The fourth-order valence-electron chi connectivity index (χ4n) is 3.27. The summed E-state index contributed by atoms with van der Waals surface area (Å²) < 4.78 is 33.5. The topological polar surface area (TPSA) is 75.7 Å². The Labute approximate surface area is 172 Å². The SMILES string of the molecule is CC(C)CNC(=O)[C@H](C)Oc1ccc(S(=O)(=O)N2CCCc3ccccc32)cc1. The first kappa shape index (κ1) is 21.2. The predicted molar refractivity (Wildman–Crippen MR) is 114 cm³/mol. The number of hydrogen-bond donors (Lipinski definition) is 1. The van der Waals surface area contributed by atoms with Gasteiger partial charge in [0, 0.05) is 13.1 Å². The lowest BCUT2D eigenvalue weighted by Crippen LogP contribution is -2.38. The normalized spacial score (nSPS) is 15.0. The second kappa shape index (κ2) is 8.86. The molecule has 29 heavy (non-hydrogen) atoms. The third-order valence-electron chi connectivity index (χ3n) is 4.85. The molecule has 0 aromatic heterocycles. The molecular formula is C22H28N2O4S. The van der Waals surface area contributed by atoms with Gasteiger partial charge in [-0.05, 0) is 61.6 Å². The van der Waals surface area contributed by atoms with Crippen LogP contribution in [0.5, 0.6) is 5.75 Å². The molecule has 0 spiro atoms. The van der Waals surface area contributed by atoms with Gasteiger partial charge in [-0.3, -0.25) is 9.10 Å². The van der Waals surface area contributed by atoms with Crippen molar-refractivity contribution in [2.24, 2.45) is 5.92 Å². The third-order valence-corrected chi connectivity index (χ3v) is 6.67. The molecule has 1 amide bonds. The van der Waals surface area contributed by atoms with Gasteiger partial charge in [-0.1, -0.05) is 32.0 Å². The highest BCUT2D eigenvalue weighted by molar-refractivity contribution is 7.92. The molecule has 1 heterocycles. The van der Waals surface area contributed by atoms with Crippen LogP contribution in [0.15, 0.2) is 53.4 Å². The minimum absolute atomic E-state index is 0.194. The summed E-state index contributed by atoms with van der Waals surface area (Å²) in [5.41, 5.74) is 1.79. The number of carbonyl (C=O) groups excluding carboxylic acids is 1. The zero-order valence-corrected chi connectivity index (χ0v) is 17.9. The van der Waals surface area contributed by atoms with E-state index in [9.17, 15) is 13.2 Å². The van der Waals surface area contributed by atoms with Crippen LogP contribution in [0.3, 0.4) is 0 Å². The summed E-state index contributed by atoms with van der Waals surface area (Å²) >= 11 is 0. The van der Waals surface area contributed by atoms with E-state index in [1.54, 1.807) is 19.1 Å². The molecule has 1 N–H and O–H groups in total. The van der Waals surface area contributed by atoms with E-state index in [2.05, 4.69) is 5.32 Å². The van der Waals surface area contributed by atoms with Gasteiger partial charge in [0.25, 0.3) is 15.9 Å². The van der Waals surface area contributed by atoms with E-state index < -0.39 is 16.1 Å². The number of nitrogens with zero attached hydrogens (tertiary/aromatic N) is 1. The maximum Gasteiger partial charge on any atom is 0.264 e. The van der Waals surface area contributed by atoms with E-state index in [-0.39, 0.29) is 10.8 Å². The molecular weight excluding hydrogens is 388 g/mol. The van der Waals surface area contributed by atoms with Crippen molar-refractivity contribution in [3.05, 3.63) is 54.1 Å². The van der Waals surface area contributed by atoms with Gasteiger partial charge in [-0.25, -0.2) is 8.42 Å². The molecule has 0 aliphatic carbocycles. The molecule has 2 aromatic carbocycles. The second-order valence-electron chi connectivity index (χ2n) is 7.68. The van der Waals surface area contributed by atoms with E-state index in [1.807, 2.05) is 38.1 Å². The number of benzene rings is 2. The van der Waals surface area contributed by atoms with Crippen molar-refractivity contribution < 1.29 is 17.9 Å². The molecule has 2 aromatic rings. The maximum absolute atomic E-state index is 13.2. The number of nitrogens with one attached hydrogen (secondary N) is 1. The van der Waals surface area contributed by atoms with Gasteiger partial charge >= 0.3 is 0 Å². The van der Waals surface area contributed by atoms with Crippen LogP contribution in [-0.4, -0.2) is 33.5 Å². The van der Waals surface area contributed by atoms with Gasteiger partial charge in [0.1, 0.15) is 5.75 Å². The van der Waals surface area contributed by atoms with E-state index in [0.717, 1.165) is 24.1 Å². The highest BCUT2D eigenvalue weighted by Gasteiger charge is 2.29. The van der Waals surface area contributed by atoms with Crippen LogP contribution in [0.25, 0.3) is 0 Å². The highest BCUT2D eigenvalue weighted by Crippen LogP contribution is 2.32. The van der Waals surface area contributed by atoms with Crippen LogP contribution >= 0.6 is 0 Å². The van der Waals surface area contributed by atoms with Gasteiger partial charge in [0.2, 0.25) is 0 Å². The summed E-state index contributed by atoms with van der Waals surface area (Å²) in [6.07, 6.45) is 1.01. The minimum Gasteiger partial charge on any atom is -0.481 e. The summed E-state index contributed by atoms with van der Waals surface area (Å²) in [6, 6.07) is 13.8. The van der Waals surface area contributed by atoms with E-state index >= 15 is 0 Å². The molecule has 156 valence electrons. The molecule has 0 radical (unpaired) electrons. The smallest absolute Gasteiger partial charge is 0.264 e. The van der Waals surface area contributed by atoms with Crippen LogP contribution in [0, 0.1) is 5.92 Å². The van der Waals surface area contributed by atoms with E-state index in [4.69, 9.17) is 4.74 Å². The largest absolute Gasteiger partial charge is 0.481 e. The van der Waals surface area contributed by atoms with Crippen LogP contribution < -0.4 is 14.4 Å². The summed E-state index contributed by atoms with van der Waals surface area (Å²) in [7, 11) is -3.66. The molecule has 0 bridgehead atoms. The Kier molecular flexibility index (Phi) is 6.47. The molecule has 1 aliphatic rings. The first-order valence-corrected chi connectivity index (χ1v) is 11.4. The predicted octanol–water partition coefficient (Wildman–Crippen LogP) is 3.37. The Bertz CT molecular complexity index is 955. The Morgan fingerprint density at radius 1 is 1.10 bits per heavy atom. The van der Waals surface area contributed by atoms with Gasteiger partial charge in [0.15, 0.2) is 6.10 Å². The van der Waals surface area contributed by atoms with Crippen LogP contribution in [0.4, 0.5) is 5.69 Å². The Morgan fingerprint density at radius 3 is 2.48 bits per heavy atom. The van der Waals surface area contributed by atoms with Gasteiger partial charge in [0.05, 0.1) is 10.6 Å². The molecule has 6 nitrogen and oxygen atoms in total. The van der Waals surface area contributed by atoms with Crippen LogP contribution in [-0.2, 0) is 21.2 Å². The summed E-state index contributed by atoms with van der Waals surface area (Å²) in [5, 5.41) is 2.82. The number of hydrogen-bond acceptors (Lipinski definition) is 4. The number of amides is 1. The summed E-state index contributed by atoms with van der Waals surface area (Å²) in [6.45, 7) is 6.76. The van der Waals surface area contributed by atoms with Crippen LogP contribution in [0.1, 0.15) is 32.8 Å². The lowest BCUT2D eigenvalue weighted by atomic mass is 10.0. The molecule has 1 atom stereocenters. The molecule has 0 saturated heterocycles. The zero-order valence-electron chi connectivity index (χ0n) is 17.1. The number of carbonyl (C=O) groups is 1. The van der Waals surface area contributed by atoms with Crippen molar-refractivity contribution >= 4 is 21.6 Å². The Hall–Kier alpha value is -2.54. The number of anilines is 1. The maximum atomic E-state index is 13.2. The molecule has 1 aliphatic heterocycles. The fraction of sp³-hybridized carbons (Fsp3) is 0.409. The molecule has 3 rings (SSSR count). The van der Waals surface area contributed by atoms with Gasteiger partial charge in [-0.15, -0.1) is 0 Å². The average molecular weight is 417 g/mol. The second-order valence-corrected chi connectivity index (χ2v) is 9.54. The van der Waals surface area contributed by atoms with Crippen molar-refractivity contribution in [2.75, 3.05) is 17.4 Å². The number of rotatable bonds is 7. The van der Waals surface area contributed by atoms with E-state index in [0.29, 0.717) is 24.8 Å². The first-order chi connectivity index (χ1) is 13.8. The third kappa shape index (κ3) is 4.90. The number of para-hydroxylation sites is 1. The van der Waals surface area contributed by atoms with Crippen molar-refractivity contribution in [1.82, 2.24) is 5.32 Å². The fourth-order valence-corrected chi connectivity index (χ4v) is 4.81. The summed E-state index contributed by atoms with van der Waals surface area (Å²) in [4.78, 5) is 12.3. The van der Waals surface area contributed by atoms with Crippen molar-refractivity contribution in [3.63, 3.8) is 0 Å². The van der Waals surface area contributed by atoms with Crippen molar-refractivity contribution in [1.29, 1.82) is 0 Å². The molecule has 0 unspecified atom stereocenters. The van der Waals surface area contributed by atoms with E-state index in [1.165, 1.54) is 16.4 Å². The molecule has 0 saturated carbocycles. The quantitative estimate of drug-likeness (QED) is 0.751. The number of ether oxygens (including phenoxy) is 1. The number of aryl methyl sites for hydroxylation is 1. The number of fused-ring (bicyclic) bond motifs is 1. The van der Waals surface area contributed by atoms with Crippen molar-refractivity contribution in [2.45, 2.75) is 44.6 Å². The summed E-state index contributed by atoms with van der Waals surface area (Å²) in [5.74, 6) is 0.617.